The number of nitro groups is 1. The molecule has 3 rings (SSSR count). The van der Waals surface area contributed by atoms with Crippen molar-refractivity contribution >= 4 is 29.1 Å². The van der Waals surface area contributed by atoms with Crippen LogP contribution in [0.5, 0.6) is 0 Å². The van der Waals surface area contributed by atoms with Crippen molar-refractivity contribution in [1.82, 2.24) is 15.1 Å². The van der Waals surface area contributed by atoms with Gasteiger partial charge in [-0.25, -0.2) is 4.68 Å². The van der Waals surface area contributed by atoms with E-state index in [2.05, 4.69) is 15.7 Å². The van der Waals surface area contributed by atoms with Crippen molar-refractivity contribution in [2.24, 2.45) is 5.73 Å². The van der Waals surface area contributed by atoms with Gasteiger partial charge in [-0.2, -0.15) is 5.10 Å². The van der Waals surface area contributed by atoms with Gasteiger partial charge >= 0.3 is 0 Å². The molecule has 3 aromatic rings. The van der Waals surface area contributed by atoms with Crippen molar-refractivity contribution < 1.29 is 19.3 Å². The quantitative estimate of drug-likeness (QED) is 0.393. The van der Waals surface area contributed by atoms with Crippen LogP contribution in [0.25, 0.3) is 5.69 Å². The highest BCUT2D eigenvalue weighted by Gasteiger charge is 2.12. The van der Waals surface area contributed by atoms with Gasteiger partial charge in [-0.3, -0.25) is 24.5 Å². The summed E-state index contributed by atoms with van der Waals surface area (Å²) in [4.78, 5) is 45.2. The predicted molar refractivity (Wildman–Crippen MR) is 106 cm³/mol. The number of nitrogens with two attached hydrogens (primary N) is 1. The van der Waals surface area contributed by atoms with E-state index in [1.807, 2.05) is 0 Å². The third-order valence-electron chi connectivity index (χ3n) is 4.00. The van der Waals surface area contributed by atoms with E-state index >= 15 is 0 Å². The van der Waals surface area contributed by atoms with Crippen LogP contribution < -0.4 is 16.4 Å². The Morgan fingerprint density at radius 3 is 2.27 bits per heavy atom. The Morgan fingerprint density at radius 1 is 1.00 bits per heavy atom. The van der Waals surface area contributed by atoms with E-state index in [1.165, 1.54) is 65.6 Å². The van der Waals surface area contributed by atoms with Crippen molar-refractivity contribution in [1.29, 1.82) is 0 Å². The smallest absolute Gasteiger partial charge is 0.269 e. The molecular weight excluding hydrogens is 392 g/mol. The van der Waals surface area contributed by atoms with Crippen LogP contribution in [0.2, 0.25) is 0 Å². The standard InChI is InChI=1S/C19H16N6O5/c20-17(26)10-21-18(27)12-1-3-14(4-2-12)23-19(28)13-9-22-24(11-13)15-5-7-16(8-6-15)25(29)30/h1-9,11H,10H2,(H2,20,26)(H,21,27)(H,23,28). The topological polar surface area (TPSA) is 162 Å². The molecule has 1 heterocycles. The number of rotatable bonds is 7. The van der Waals surface area contributed by atoms with Crippen molar-refractivity contribution in [2.75, 3.05) is 11.9 Å². The molecule has 0 bridgehead atoms. The Bertz CT molecular complexity index is 1110. The molecule has 1 aromatic heterocycles. The van der Waals surface area contributed by atoms with Crippen LogP contribution in [0.15, 0.2) is 60.9 Å². The minimum Gasteiger partial charge on any atom is -0.368 e. The molecule has 11 heteroatoms. The van der Waals surface area contributed by atoms with E-state index < -0.39 is 22.6 Å². The Morgan fingerprint density at radius 2 is 1.67 bits per heavy atom. The lowest BCUT2D eigenvalue weighted by atomic mass is 10.2. The number of primary amides is 1. The molecule has 0 spiro atoms. The molecule has 0 saturated heterocycles. The van der Waals surface area contributed by atoms with Crippen molar-refractivity contribution in [3.05, 3.63) is 82.2 Å². The van der Waals surface area contributed by atoms with E-state index in [4.69, 9.17) is 5.73 Å². The maximum Gasteiger partial charge on any atom is 0.269 e. The second-order valence-corrected chi connectivity index (χ2v) is 6.13. The maximum absolute atomic E-state index is 12.4. The molecule has 11 nitrogen and oxygen atoms in total. The van der Waals surface area contributed by atoms with Gasteiger partial charge in [0.1, 0.15) is 0 Å². The second-order valence-electron chi connectivity index (χ2n) is 6.13. The monoisotopic (exact) mass is 408 g/mol. The molecule has 0 radical (unpaired) electrons. The molecule has 0 aliphatic heterocycles. The van der Waals surface area contributed by atoms with Gasteiger partial charge in [0.25, 0.3) is 17.5 Å². The van der Waals surface area contributed by atoms with Crippen LogP contribution in [0.3, 0.4) is 0 Å². The first-order valence-electron chi connectivity index (χ1n) is 8.61. The normalized spacial score (nSPS) is 10.3. The Hall–Kier alpha value is -4.54. The molecule has 4 N–H and O–H groups in total. The van der Waals surface area contributed by atoms with Crippen molar-refractivity contribution in [3.63, 3.8) is 0 Å². The molecule has 0 fully saturated rings. The minimum atomic E-state index is -0.651. The van der Waals surface area contributed by atoms with Crippen molar-refractivity contribution in [2.45, 2.75) is 0 Å². The first-order chi connectivity index (χ1) is 14.3. The number of amides is 3. The number of carbonyl (C=O) groups is 3. The van der Waals surface area contributed by atoms with Gasteiger partial charge in [0.2, 0.25) is 5.91 Å². The number of benzene rings is 2. The Labute approximate surface area is 169 Å². The largest absolute Gasteiger partial charge is 0.368 e. The SMILES string of the molecule is NC(=O)CNC(=O)c1ccc(NC(=O)c2cnn(-c3ccc([N+](=O)[O-])cc3)c2)cc1. The zero-order chi connectivity index (χ0) is 21.7. The number of anilines is 1. The number of nitrogens with one attached hydrogen (secondary N) is 2. The molecular formula is C19H16N6O5. The highest BCUT2D eigenvalue weighted by atomic mass is 16.6. The summed E-state index contributed by atoms with van der Waals surface area (Å²) in [5, 5.41) is 19.9. The highest BCUT2D eigenvalue weighted by molar-refractivity contribution is 6.04. The number of hydrogen-bond acceptors (Lipinski definition) is 6. The highest BCUT2D eigenvalue weighted by Crippen LogP contribution is 2.16. The second kappa shape index (κ2) is 8.65. The predicted octanol–water partition coefficient (Wildman–Crippen LogP) is 1.25. The Kier molecular flexibility index (Phi) is 5.82. The summed E-state index contributed by atoms with van der Waals surface area (Å²) in [7, 11) is 0. The molecule has 0 unspecified atom stereocenters. The number of carbonyl (C=O) groups excluding carboxylic acids is 3. The van der Waals surface area contributed by atoms with Crippen LogP contribution in [0, 0.1) is 10.1 Å². The van der Waals surface area contributed by atoms with E-state index in [0.29, 0.717) is 16.9 Å². The third kappa shape index (κ3) is 4.84. The van der Waals surface area contributed by atoms with Gasteiger partial charge in [0.15, 0.2) is 0 Å². The summed E-state index contributed by atoms with van der Waals surface area (Å²) < 4.78 is 1.42. The molecule has 0 aliphatic carbocycles. The van der Waals surface area contributed by atoms with Gasteiger partial charge in [-0.15, -0.1) is 0 Å². The van der Waals surface area contributed by atoms with Crippen LogP contribution in [-0.2, 0) is 4.79 Å². The van der Waals surface area contributed by atoms with Gasteiger partial charge in [0.05, 0.1) is 28.9 Å². The lowest BCUT2D eigenvalue weighted by Crippen LogP contribution is -2.33. The average molecular weight is 408 g/mol. The third-order valence-corrected chi connectivity index (χ3v) is 4.00. The van der Waals surface area contributed by atoms with Crippen LogP contribution in [0.4, 0.5) is 11.4 Å². The summed E-state index contributed by atoms with van der Waals surface area (Å²) in [6.45, 7) is -0.268. The number of non-ortho nitro benzene ring substituents is 1. The first-order valence-corrected chi connectivity index (χ1v) is 8.61. The zero-order valence-corrected chi connectivity index (χ0v) is 15.4. The molecule has 152 valence electrons. The number of aromatic nitrogens is 2. The lowest BCUT2D eigenvalue weighted by molar-refractivity contribution is -0.384. The number of nitrogens with zero attached hydrogens (tertiary/aromatic N) is 3. The fourth-order valence-electron chi connectivity index (χ4n) is 2.49. The lowest BCUT2D eigenvalue weighted by Gasteiger charge is -2.06. The minimum absolute atomic E-state index is 0.0457. The van der Waals surface area contributed by atoms with Gasteiger partial charge in [-0.1, -0.05) is 0 Å². The summed E-state index contributed by atoms with van der Waals surface area (Å²) in [6.07, 6.45) is 2.85. The molecule has 0 atom stereocenters. The van der Waals surface area contributed by atoms with E-state index in [9.17, 15) is 24.5 Å². The molecule has 30 heavy (non-hydrogen) atoms. The summed E-state index contributed by atoms with van der Waals surface area (Å²) in [5.41, 5.74) is 6.52. The van der Waals surface area contributed by atoms with E-state index in [-0.39, 0.29) is 17.8 Å². The number of nitro benzene ring substituents is 1. The summed E-state index contributed by atoms with van der Waals surface area (Å²) in [5.74, 6) is -1.54. The van der Waals surface area contributed by atoms with Gasteiger partial charge in [-0.05, 0) is 36.4 Å². The Balaban J connectivity index is 1.64. The molecule has 0 saturated carbocycles. The fourth-order valence-corrected chi connectivity index (χ4v) is 2.49. The first kappa shape index (κ1) is 20.2. The average Bonchev–Trinajstić information content (AvgIpc) is 3.23. The van der Waals surface area contributed by atoms with Crippen molar-refractivity contribution in [3.8, 4) is 5.69 Å². The van der Waals surface area contributed by atoms with Gasteiger partial charge < -0.3 is 16.4 Å². The number of hydrogen-bond donors (Lipinski definition) is 3. The van der Waals surface area contributed by atoms with E-state index in [0.717, 1.165) is 0 Å². The summed E-state index contributed by atoms with van der Waals surface area (Å²) in [6, 6.07) is 11.8. The van der Waals surface area contributed by atoms with Crippen LogP contribution in [-0.4, -0.2) is 39.0 Å². The molecule has 2 aromatic carbocycles. The molecule has 0 aliphatic rings. The van der Waals surface area contributed by atoms with E-state index in [1.54, 1.807) is 0 Å². The van der Waals surface area contributed by atoms with Crippen LogP contribution >= 0.6 is 0 Å². The molecule has 3 amide bonds. The maximum atomic E-state index is 12.4. The zero-order valence-electron chi connectivity index (χ0n) is 15.4. The van der Waals surface area contributed by atoms with Crippen LogP contribution in [0.1, 0.15) is 20.7 Å². The summed E-state index contributed by atoms with van der Waals surface area (Å²) >= 11 is 0. The van der Waals surface area contributed by atoms with Gasteiger partial charge in [0, 0.05) is 29.6 Å². The fraction of sp³-hybridized carbons (Fsp3) is 0.0526.